The molecule has 0 spiro atoms. The van der Waals surface area contributed by atoms with Gasteiger partial charge in [0.1, 0.15) is 5.82 Å². The van der Waals surface area contributed by atoms with Crippen LogP contribution in [0.4, 0.5) is 22.0 Å². The van der Waals surface area contributed by atoms with E-state index in [9.17, 15) is 4.79 Å². The van der Waals surface area contributed by atoms with Gasteiger partial charge in [0.15, 0.2) is 5.82 Å². The number of urea groups is 1. The van der Waals surface area contributed by atoms with Gasteiger partial charge in [0.2, 0.25) is 0 Å². The number of nitrogens with zero attached hydrogens (tertiary/aromatic N) is 5. The van der Waals surface area contributed by atoms with Crippen molar-refractivity contribution in [3.63, 3.8) is 0 Å². The monoisotopic (exact) mass is 377 g/mol. The van der Waals surface area contributed by atoms with Crippen LogP contribution < -0.4 is 15.5 Å². The summed E-state index contributed by atoms with van der Waals surface area (Å²) in [6.45, 7) is 2.75. The second-order valence-electron chi connectivity index (χ2n) is 6.72. The van der Waals surface area contributed by atoms with Gasteiger partial charge in [-0.3, -0.25) is 9.58 Å². The molecule has 0 radical (unpaired) electrons. The Bertz CT molecular complexity index is 998. The van der Waals surface area contributed by atoms with E-state index < -0.39 is 0 Å². The summed E-state index contributed by atoms with van der Waals surface area (Å²) in [5.41, 5.74) is 2.61. The van der Waals surface area contributed by atoms with Crippen LogP contribution in [0.3, 0.4) is 0 Å². The minimum absolute atomic E-state index is 0.0655. The topological polar surface area (TPSA) is 97.2 Å². The molecule has 2 saturated heterocycles. The summed E-state index contributed by atoms with van der Waals surface area (Å²) in [5, 5.41) is 10.4. The number of rotatable bonds is 5. The van der Waals surface area contributed by atoms with E-state index in [-0.39, 0.29) is 6.03 Å². The molecule has 2 aliphatic rings. The molecule has 3 aromatic rings. The highest BCUT2D eigenvalue weighted by Gasteiger charge is 2.22. The van der Waals surface area contributed by atoms with E-state index in [1.54, 1.807) is 17.3 Å². The molecule has 1 aromatic carbocycles. The number of ether oxygens (including phenoxy) is 1. The number of benzene rings is 1. The molecular weight excluding hydrogens is 358 g/mol. The molecule has 0 aliphatic carbocycles. The van der Waals surface area contributed by atoms with Gasteiger partial charge in [-0.15, -0.1) is 0 Å². The van der Waals surface area contributed by atoms with Crippen LogP contribution in [-0.4, -0.2) is 52.1 Å². The van der Waals surface area contributed by atoms with Crippen molar-refractivity contribution in [2.75, 3.05) is 36.5 Å². The molecule has 0 unspecified atom stereocenters. The Kier molecular flexibility index (Phi) is 4.13. The molecule has 28 heavy (non-hydrogen) atoms. The molecule has 4 heterocycles. The van der Waals surface area contributed by atoms with Crippen LogP contribution in [-0.2, 0) is 4.74 Å². The van der Waals surface area contributed by atoms with Crippen LogP contribution in [0.5, 0.6) is 0 Å². The first kappa shape index (κ1) is 16.7. The largest absolute Gasteiger partial charge is 0.377 e. The Morgan fingerprint density at radius 3 is 2.75 bits per heavy atom. The van der Waals surface area contributed by atoms with E-state index in [0.29, 0.717) is 44.0 Å². The van der Waals surface area contributed by atoms with Gasteiger partial charge in [-0.05, 0) is 30.3 Å². The average Bonchev–Trinajstić information content (AvgIpc) is 3.30. The molecule has 0 bridgehead atoms. The molecule has 9 nitrogen and oxygen atoms in total. The second-order valence-corrected chi connectivity index (χ2v) is 6.72. The maximum absolute atomic E-state index is 11.8. The smallest absolute Gasteiger partial charge is 0.321 e. The van der Waals surface area contributed by atoms with E-state index in [2.05, 4.69) is 25.7 Å². The Balaban J connectivity index is 1.32. The Labute approximate surface area is 161 Å². The highest BCUT2D eigenvalue weighted by Crippen LogP contribution is 2.24. The van der Waals surface area contributed by atoms with E-state index in [1.165, 1.54) is 0 Å². The number of carbonyl (C=O) groups is 1. The summed E-state index contributed by atoms with van der Waals surface area (Å²) in [4.78, 5) is 22.5. The van der Waals surface area contributed by atoms with Gasteiger partial charge >= 0.3 is 6.03 Å². The molecule has 2 N–H and O–H groups in total. The van der Waals surface area contributed by atoms with Gasteiger partial charge in [-0.2, -0.15) is 5.10 Å². The van der Waals surface area contributed by atoms with Crippen molar-refractivity contribution < 1.29 is 9.53 Å². The number of nitrogens with one attached hydrogen (secondary N) is 2. The molecular formula is C19H19N7O2. The SMILES string of the molecule is O=C1NCCN1c1ccc(-c2nccc(Nc3cnn(C4COC4)c3)n2)cc1. The summed E-state index contributed by atoms with van der Waals surface area (Å²) in [6.07, 6.45) is 5.44. The molecule has 2 fully saturated rings. The molecule has 2 aliphatic heterocycles. The zero-order valence-electron chi connectivity index (χ0n) is 15.1. The predicted octanol–water partition coefficient (Wildman–Crippen LogP) is 2.18. The van der Waals surface area contributed by atoms with Crippen molar-refractivity contribution >= 4 is 23.2 Å². The number of carbonyl (C=O) groups excluding carboxylic acids is 1. The number of amides is 2. The fourth-order valence-electron chi connectivity index (χ4n) is 3.20. The van der Waals surface area contributed by atoms with Gasteiger partial charge in [0, 0.05) is 36.7 Å². The maximum Gasteiger partial charge on any atom is 0.321 e. The Hall–Kier alpha value is -3.46. The highest BCUT2D eigenvalue weighted by molar-refractivity contribution is 5.94. The number of hydrogen-bond acceptors (Lipinski definition) is 6. The lowest BCUT2D eigenvalue weighted by Gasteiger charge is -2.25. The third kappa shape index (κ3) is 3.16. The fourth-order valence-corrected chi connectivity index (χ4v) is 3.20. The average molecular weight is 377 g/mol. The summed E-state index contributed by atoms with van der Waals surface area (Å²) in [5.74, 6) is 1.31. The van der Waals surface area contributed by atoms with Gasteiger partial charge < -0.3 is 15.4 Å². The van der Waals surface area contributed by atoms with Gasteiger partial charge in [-0.1, -0.05) is 0 Å². The minimum atomic E-state index is -0.0655. The third-order valence-corrected chi connectivity index (χ3v) is 4.82. The first-order chi connectivity index (χ1) is 13.8. The zero-order chi connectivity index (χ0) is 18.9. The van der Waals surface area contributed by atoms with Gasteiger partial charge in [0.25, 0.3) is 0 Å². The molecule has 5 rings (SSSR count). The normalized spacial score (nSPS) is 16.7. The molecule has 0 saturated carbocycles. The first-order valence-corrected chi connectivity index (χ1v) is 9.14. The van der Waals surface area contributed by atoms with E-state index >= 15 is 0 Å². The van der Waals surface area contributed by atoms with Crippen molar-refractivity contribution in [2.45, 2.75) is 6.04 Å². The molecule has 2 amide bonds. The van der Waals surface area contributed by atoms with Crippen molar-refractivity contribution in [3.05, 3.63) is 48.9 Å². The molecule has 9 heteroatoms. The highest BCUT2D eigenvalue weighted by atomic mass is 16.5. The summed E-state index contributed by atoms with van der Waals surface area (Å²) < 4.78 is 7.11. The molecule has 142 valence electrons. The standard InChI is InChI=1S/C19H19N7O2/c27-19-21-7-8-25(19)15-3-1-13(2-4-15)18-20-6-5-17(24-18)23-14-9-22-26(10-14)16-11-28-12-16/h1-6,9-10,16H,7-8,11-12H2,(H,21,27)(H,20,23,24). The fraction of sp³-hybridized carbons (Fsp3) is 0.263. The van der Waals surface area contributed by atoms with Crippen molar-refractivity contribution in [2.24, 2.45) is 0 Å². The lowest BCUT2D eigenvalue weighted by molar-refractivity contribution is -0.0286. The number of anilines is 3. The van der Waals surface area contributed by atoms with Crippen LogP contribution in [0, 0.1) is 0 Å². The van der Waals surface area contributed by atoms with Crippen LogP contribution in [0.25, 0.3) is 11.4 Å². The van der Waals surface area contributed by atoms with Crippen LogP contribution in [0.15, 0.2) is 48.9 Å². The summed E-state index contributed by atoms with van der Waals surface area (Å²) >= 11 is 0. The van der Waals surface area contributed by atoms with Gasteiger partial charge in [-0.25, -0.2) is 14.8 Å². The lowest BCUT2D eigenvalue weighted by Crippen LogP contribution is -2.30. The zero-order valence-corrected chi connectivity index (χ0v) is 15.1. The summed E-state index contributed by atoms with van der Waals surface area (Å²) in [7, 11) is 0. The molecule has 2 aromatic heterocycles. The van der Waals surface area contributed by atoms with Crippen LogP contribution >= 0.6 is 0 Å². The van der Waals surface area contributed by atoms with Crippen LogP contribution in [0.2, 0.25) is 0 Å². The quantitative estimate of drug-likeness (QED) is 0.707. The van der Waals surface area contributed by atoms with E-state index in [1.807, 2.05) is 41.2 Å². The first-order valence-electron chi connectivity index (χ1n) is 9.14. The predicted molar refractivity (Wildman–Crippen MR) is 104 cm³/mol. The number of hydrogen-bond donors (Lipinski definition) is 2. The lowest BCUT2D eigenvalue weighted by atomic mass is 10.2. The Morgan fingerprint density at radius 2 is 2.04 bits per heavy atom. The van der Waals surface area contributed by atoms with E-state index in [0.717, 1.165) is 16.9 Å². The van der Waals surface area contributed by atoms with Crippen molar-refractivity contribution in [1.82, 2.24) is 25.1 Å². The Morgan fingerprint density at radius 1 is 1.18 bits per heavy atom. The maximum atomic E-state index is 11.8. The third-order valence-electron chi connectivity index (χ3n) is 4.82. The minimum Gasteiger partial charge on any atom is -0.377 e. The van der Waals surface area contributed by atoms with E-state index in [4.69, 9.17) is 4.74 Å². The second kappa shape index (κ2) is 6.93. The van der Waals surface area contributed by atoms with Crippen molar-refractivity contribution in [1.29, 1.82) is 0 Å². The molecule has 0 atom stereocenters. The van der Waals surface area contributed by atoms with Crippen molar-refractivity contribution in [3.8, 4) is 11.4 Å². The summed E-state index contributed by atoms with van der Waals surface area (Å²) in [6, 6.07) is 9.74. The van der Waals surface area contributed by atoms with Crippen LogP contribution in [0.1, 0.15) is 6.04 Å². The van der Waals surface area contributed by atoms with Gasteiger partial charge in [0.05, 0.1) is 31.1 Å². The number of aromatic nitrogens is 4.